The molecule has 6 heteroatoms. The fourth-order valence-corrected chi connectivity index (χ4v) is 6.77. The number of carbonyl (C=O) groups excluding carboxylic acids is 3. The van der Waals surface area contributed by atoms with Crippen molar-refractivity contribution in [2.75, 3.05) is 13.2 Å². The van der Waals surface area contributed by atoms with Gasteiger partial charge in [-0.3, -0.25) is 14.4 Å². The second-order valence-electron chi connectivity index (χ2n) is 16.4. The SMILES string of the molecule is CCCCC/C=C\C=C/CCCCCCCCC(=O)OCC(COC(=O)CCCCCCC/C=C\CCCCC)OC(=O)CCCCC/C=C\CCCCCCCC. The van der Waals surface area contributed by atoms with Crippen LogP contribution in [0.3, 0.4) is 0 Å². The van der Waals surface area contributed by atoms with Crippen LogP contribution in [0.4, 0.5) is 0 Å². The summed E-state index contributed by atoms with van der Waals surface area (Å²) < 4.78 is 16.7. The summed E-state index contributed by atoms with van der Waals surface area (Å²) in [5.74, 6) is -0.921. The van der Waals surface area contributed by atoms with Crippen molar-refractivity contribution in [3.8, 4) is 0 Å². The van der Waals surface area contributed by atoms with E-state index in [9.17, 15) is 14.4 Å². The molecular weight excluding hydrogens is 721 g/mol. The average molecular weight is 813 g/mol. The van der Waals surface area contributed by atoms with E-state index >= 15 is 0 Å². The minimum atomic E-state index is -0.786. The molecule has 0 amide bonds. The number of carbonyl (C=O) groups is 3. The summed E-state index contributed by atoms with van der Waals surface area (Å²) in [5.41, 5.74) is 0. The summed E-state index contributed by atoms with van der Waals surface area (Å²) in [6.45, 7) is 6.54. The summed E-state index contributed by atoms with van der Waals surface area (Å²) in [5, 5.41) is 0. The second-order valence-corrected chi connectivity index (χ2v) is 16.4. The molecular formula is C52H92O6. The Labute approximate surface area is 358 Å². The van der Waals surface area contributed by atoms with Gasteiger partial charge in [0.1, 0.15) is 13.2 Å². The average Bonchev–Trinajstić information content (AvgIpc) is 3.22. The van der Waals surface area contributed by atoms with E-state index in [0.717, 1.165) is 83.5 Å². The molecule has 0 aliphatic rings. The zero-order valence-electron chi connectivity index (χ0n) is 38.3. The topological polar surface area (TPSA) is 78.9 Å². The molecule has 0 fully saturated rings. The fourth-order valence-electron chi connectivity index (χ4n) is 6.77. The summed E-state index contributed by atoms with van der Waals surface area (Å²) >= 11 is 0. The Kier molecular flexibility index (Phi) is 44.9. The van der Waals surface area contributed by atoms with Crippen molar-refractivity contribution in [1.29, 1.82) is 0 Å². The molecule has 0 saturated carbocycles. The normalized spacial score (nSPS) is 12.4. The molecule has 0 radical (unpaired) electrons. The molecule has 0 heterocycles. The van der Waals surface area contributed by atoms with E-state index < -0.39 is 6.10 Å². The highest BCUT2D eigenvalue weighted by Crippen LogP contribution is 2.13. The number of esters is 3. The monoisotopic (exact) mass is 813 g/mol. The quantitative estimate of drug-likeness (QED) is 0.0200. The van der Waals surface area contributed by atoms with Crippen LogP contribution in [0.1, 0.15) is 245 Å². The molecule has 0 aromatic carbocycles. The van der Waals surface area contributed by atoms with Gasteiger partial charge in [0.25, 0.3) is 0 Å². The van der Waals surface area contributed by atoms with Gasteiger partial charge in [-0.1, -0.05) is 179 Å². The lowest BCUT2D eigenvalue weighted by atomic mass is 10.1. The molecule has 0 N–H and O–H groups in total. The maximum absolute atomic E-state index is 12.7. The molecule has 58 heavy (non-hydrogen) atoms. The third-order valence-electron chi connectivity index (χ3n) is 10.6. The summed E-state index contributed by atoms with van der Waals surface area (Å²) in [4.78, 5) is 37.8. The molecule has 0 bridgehead atoms. The van der Waals surface area contributed by atoms with E-state index in [0.29, 0.717) is 19.3 Å². The molecule has 0 rings (SSSR count). The van der Waals surface area contributed by atoms with E-state index in [1.165, 1.54) is 122 Å². The predicted octanol–water partition coefficient (Wildman–Crippen LogP) is 15.9. The van der Waals surface area contributed by atoms with Gasteiger partial charge in [0.15, 0.2) is 6.10 Å². The van der Waals surface area contributed by atoms with Crippen LogP contribution in [0, 0.1) is 0 Å². The Hall–Kier alpha value is -2.63. The van der Waals surface area contributed by atoms with Crippen LogP contribution >= 0.6 is 0 Å². The number of unbranched alkanes of at least 4 members (excludes halogenated alkanes) is 26. The Balaban J connectivity index is 4.42. The van der Waals surface area contributed by atoms with Crippen LogP contribution < -0.4 is 0 Å². The lowest BCUT2D eigenvalue weighted by Crippen LogP contribution is -2.30. The molecule has 336 valence electrons. The number of ether oxygens (including phenoxy) is 3. The Bertz CT molecular complexity index is 1030. The van der Waals surface area contributed by atoms with E-state index in [-0.39, 0.29) is 31.1 Å². The van der Waals surface area contributed by atoms with Gasteiger partial charge in [0.05, 0.1) is 0 Å². The van der Waals surface area contributed by atoms with Crippen molar-refractivity contribution in [3.05, 3.63) is 48.6 Å². The summed E-state index contributed by atoms with van der Waals surface area (Å²) in [6, 6.07) is 0. The number of allylic oxidation sites excluding steroid dienone is 8. The van der Waals surface area contributed by atoms with Crippen molar-refractivity contribution in [2.24, 2.45) is 0 Å². The van der Waals surface area contributed by atoms with Gasteiger partial charge in [0.2, 0.25) is 0 Å². The van der Waals surface area contributed by atoms with Gasteiger partial charge in [-0.15, -0.1) is 0 Å². The van der Waals surface area contributed by atoms with Gasteiger partial charge in [-0.25, -0.2) is 0 Å². The van der Waals surface area contributed by atoms with Crippen LogP contribution in [-0.4, -0.2) is 37.2 Å². The van der Waals surface area contributed by atoms with Crippen molar-refractivity contribution in [1.82, 2.24) is 0 Å². The van der Waals surface area contributed by atoms with E-state index in [1.807, 2.05) is 0 Å². The largest absolute Gasteiger partial charge is 0.462 e. The third kappa shape index (κ3) is 44.5. The van der Waals surface area contributed by atoms with E-state index in [1.54, 1.807) is 0 Å². The van der Waals surface area contributed by atoms with E-state index in [2.05, 4.69) is 69.4 Å². The van der Waals surface area contributed by atoms with Crippen LogP contribution in [0.2, 0.25) is 0 Å². The second kappa shape index (κ2) is 47.1. The first-order valence-corrected chi connectivity index (χ1v) is 24.7. The summed E-state index contributed by atoms with van der Waals surface area (Å²) in [7, 11) is 0. The van der Waals surface area contributed by atoms with Crippen LogP contribution in [0.25, 0.3) is 0 Å². The van der Waals surface area contributed by atoms with E-state index in [4.69, 9.17) is 14.2 Å². The molecule has 0 saturated heterocycles. The number of rotatable bonds is 44. The summed E-state index contributed by atoms with van der Waals surface area (Å²) in [6.07, 6.45) is 55.1. The minimum Gasteiger partial charge on any atom is -0.462 e. The molecule has 0 aromatic heterocycles. The van der Waals surface area contributed by atoms with Crippen molar-refractivity contribution < 1.29 is 28.6 Å². The molecule has 1 unspecified atom stereocenters. The first-order chi connectivity index (χ1) is 28.5. The molecule has 1 atom stereocenters. The first-order valence-electron chi connectivity index (χ1n) is 24.7. The molecule has 0 aromatic rings. The van der Waals surface area contributed by atoms with Gasteiger partial charge < -0.3 is 14.2 Å². The lowest BCUT2D eigenvalue weighted by Gasteiger charge is -2.18. The molecule has 0 aliphatic heterocycles. The Morgan fingerprint density at radius 1 is 0.345 bits per heavy atom. The first kappa shape index (κ1) is 55.4. The van der Waals surface area contributed by atoms with Crippen LogP contribution in [0.15, 0.2) is 48.6 Å². The molecule has 0 aliphatic carbocycles. The predicted molar refractivity (Wildman–Crippen MR) is 247 cm³/mol. The van der Waals surface area contributed by atoms with Crippen LogP contribution in [-0.2, 0) is 28.6 Å². The zero-order valence-corrected chi connectivity index (χ0v) is 38.3. The Morgan fingerprint density at radius 3 is 1.02 bits per heavy atom. The fraction of sp³-hybridized carbons (Fsp3) is 0.788. The van der Waals surface area contributed by atoms with Gasteiger partial charge in [0, 0.05) is 19.3 Å². The molecule has 0 spiro atoms. The smallest absolute Gasteiger partial charge is 0.306 e. The van der Waals surface area contributed by atoms with Crippen molar-refractivity contribution in [3.63, 3.8) is 0 Å². The molecule has 6 nitrogen and oxygen atoms in total. The van der Waals surface area contributed by atoms with Gasteiger partial charge in [-0.05, 0) is 96.3 Å². The van der Waals surface area contributed by atoms with Crippen molar-refractivity contribution in [2.45, 2.75) is 252 Å². The Morgan fingerprint density at radius 2 is 0.621 bits per heavy atom. The number of hydrogen-bond donors (Lipinski definition) is 0. The highest BCUT2D eigenvalue weighted by molar-refractivity contribution is 5.71. The lowest BCUT2D eigenvalue weighted by molar-refractivity contribution is -0.167. The standard InChI is InChI=1S/C52H92O6/c1-4-7-10-13-16-19-22-25-26-28-30-33-36-39-42-45-51(54)57-48-49(47-56-50(53)44-41-38-35-32-29-24-21-18-15-12-9-6-3)58-52(55)46-43-40-37-34-31-27-23-20-17-14-11-8-5-2/h16,18-19,21-22,25,27,31,49H,4-15,17,20,23-24,26,28-30,32-48H2,1-3H3/b19-16-,21-18-,25-22-,31-27-. The van der Waals surface area contributed by atoms with Crippen LogP contribution in [0.5, 0.6) is 0 Å². The van der Waals surface area contributed by atoms with Crippen molar-refractivity contribution >= 4 is 17.9 Å². The van der Waals surface area contributed by atoms with Gasteiger partial charge in [-0.2, -0.15) is 0 Å². The van der Waals surface area contributed by atoms with Gasteiger partial charge >= 0.3 is 17.9 Å². The maximum Gasteiger partial charge on any atom is 0.306 e. The highest BCUT2D eigenvalue weighted by Gasteiger charge is 2.19. The number of hydrogen-bond acceptors (Lipinski definition) is 6. The third-order valence-corrected chi connectivity index (χ3v) is 10.6. The highest BCUT2D eigenvalue weighted by atomic mass is 16.6. The minimum absolute atomic E-state index is 0.0870. The zero-order chi connectivity index (χ0) is 42.3. The maximum atomic E-state index is 12.7.